The summed E-state index contributed by atoms with van der Waals surface area (Å²) >= 11 is 6.12. The van der Waals surface area contributed by atoms with Crippen LogP contribution in [0.3, 0.4) is 0 Å². The van der Waals surface area contributed by atoms with Gasteiger partial charge in [-0.15, -0.1) is 0 Å². The third-order valence-corrected chi connectivity index (χ3v) is 5.29. The molecule has 0 saturated heterocycles. The number of fused-ring (bicyclic) bond motifs is 1. The van der Waals surface area contributed by atoms with Crippen molar-refractivity contribution in [3.63, 3.8) is 0 Å². The fourth-order valence-electron chi connectivity index (χ4n) is 3.72. The molecule has 1 aliphatic rings. The van der Waals surface area contributed by atoms with Crippen LogP contribution in [0.15, 0.2) is 48.5 Å². The molecule has 3 aromatic rings. The Morgan fingerprint density at radius 2 is 1.89 bits per heavy atom. The van der Waals surface area contributed by atoms with Crippen molar-refractivity contribution in [3.8, 4) is 22.9 Å². The number of nitrogens with one attached hydrogen (secondary N) is 1. The van der Waals surface area contributed by atoms with Crippen molar-refractivity contribution >= 4 is 23.1 Å². The van der Waals surface area contributed by atoms with E-state index in [9.17, 15) is 5.26 Å². The van der Waals surface area contributed by atoms with E-state index in [4.69, 9.17) is 21.3 Å². The number of aromatic nitrogens is 1. The summed E-state index contributed by atoms with van der Waals surface area (Å²) in [5.41, 5.74) is 5.61. The van der Waals surface area contributed by atoms with E-state index in [-0.39, 0.29) is 0 Å². The number of methoxy groups -OCH3 is 1. The number of nitriles is 1. The molecule has 1 aliphatic carbocycles. The lowest BCUT2D eigenvalue weighted by Gasteiger charge is -2.22. The Morgan fingerprint density at radius 3 is 2.61 bits per heavy atom. The van der Waals surface area contributed by atoms with Gasteiger partial charge in [0.05, 0.1) is 7.11 Å². The number of hydrogen-bond acceptors (Lipinski definition) is 4. The topological polar surface area (TPSA) is 57.9 Å². The second-order valence-electron chi connectivity index (χ2n) is 6.82. The molecule has 0 fully saturated rings. The number of ether oxygens (including phenoxy) is 1. The first kappa shape index (κ1) is 18.3. The van der Waals surface area contributed by atoms with E-state index in [1.807, 2.05) is 48.5 Å². The van der Waals surface area contributed by atoms with Gasteiger partial charge in [-0.2, -0.15) is 5.26 Å². The van der Waals surface area contributed by atoms with Gasteiger partial charge in [0.25, 0.3) is 0 Å². The highest BCUT2D eigenvalue weighted by Crippen LogP contribution is 2.38. The maximum atomic E-state index is 10.0. The molecule has 0 saturated carbocycles. The van der Waals surface area contributed by atoms with E-state index in [1.54, 1.807) is 7.11 Å². The molecule has 28 heavy (non-hydrogen) atoms. The monoisotopic (exact) mass is 389 g/mol. The molecule has 0 bridgehead atoms. The first-order valence-electron chi connectivity index (χ1n) is 9.32. The highest BCUT2D eigenvalue weighted by Gasteiger charge is 2.23. The molecule has 1 heterocycles. The van der Waals surface area contributed by atoms with Crippen molar-refractivity contribution in [2.45, 2.75) is 25.7 Å². The third kappa shape index (κ3) is 3.54. The Bertz CT molecular complexity index is 1050. The van der Waals surface area contributed by atoms with Crippen molar-refractivity contribution < 1.29 is 4.74 Å². The van der Waals surface area contributed by atoms with E-state index in [2.05, 4.69) is 11.4 Å². The Morgan fingerprint density at radius 1 is 1.11 bits per heavy atom. The van der Waals surface area contributed by atoms with E-state index in [0.717, 1.165) is 53.9 Å². The van der Waals surface area contributed by atoms with Crippen LogP contribution < -0.4 is 10.1 Å². The molecule has 0 radical (unpaired) electrons. The maximum absolute atomic E-state index is 10.0. The zero-order valence-electron chi connectivity index (χ0n) is 15.6. The van der Waals surface area contributed by atoms with E-state index < -0.39 is 0 Å². The lowest BCUT2D eigenvalue weighted by molar-refractivity contribution is 0.415. The Hall–Kier alpha value is -3.03. The average Bonchev–Trinajstić information content (AvgIpc) is 2.73. The highest BCUT2D eigenvalue weighted by molar-refractivity contribution is 6.30. The predicted molar refractivity (Wildman–Crippen MR) is 112 cm³/mol. The summed E-state index contributed by atoms with van der Waals surface area (Å²) in [4.78, 5) is 4.83. The molecule has 0 unspecified atom stereocenters. The second-order valence-corrected chi connectivity index (χ2v) is 7.25. The molecule has 5 heteroatoms. The summed E-state index contributed by atoms with van der Waals surface area (Å²) in [7, 11) is 1.65. The number of rotatable bonds is 4. The van der Waals surface area contributed by atoms with Crippen LogP contribution in [0.5, 0.6) is 5.75 Å². The predicted octanol–water partition coefficient (Wildman–Crippen LogP) is 5.90. The van der Waals surface area contributed by atoms with Gasteiger partial charge in [0.15, 0.2) is 0 Å². The van der Waals surface area contributed by atoms with Gasteiger partial charge >= 0.3 is 0 Å². The fraction of sp³-hybridized carbons (Fsp3) is 0.217. The summed E-state index contributed by atoms with van der Waals surface area (Å²) in [6, 6.07) is 17.7. The molecule has 4 rings (SSSR count). The van der Waals surface area contributed by atoms with Gasteiger partial charge in [-0.25, -0.2) is 4.98 Å². The summed E-state index contributed by atoms with van der Waals surface area (Å²) in [5, 5.41) is 14.0. The first-order valence-corrected chi connectivity index (χ1v) is 9.70. The molecule has 0 aliphatic heterocycles. The van der Waals surface area contributed by atoms with Crippen LogP contribution in [0.25, 0.3) is 11.1 Å². The van der Waals surface area contributed by atoms with Gasteiger partial charge in [0, 0.05) is 22.0 Å². The zero-order chi connectivity index (χ0) is 19.5. The van der Waals surface area contributed by atoms with Crippen LogP contribution in [0, 0.1) is 11.3 Å². The largest absolute Gasteiger partial charge is 0.497 e. The minimum Gasteiger partial charge on any atom is -0.497 e. The lowest BCUT2D eigenvalue weighted by Crippen LogP contribution is -2.12. The molecular formula is C23H20ClN3O. The Kier molecular flexibility index (Phi) is 5.18. The van der Waals surface area contributed by atoms with Crippen molar-refractivity contribution in [2.75, 3.05) is 12.4 Å². The van der Waals surface area contributed by atoms with E-state index >= 15 is 0 Å². The minimum atomic E-state index is 0.561. The van der Waals surface area contributed by atoms with Crippen LogP contribution in [0.1, 0.15) is 29.7 Å². The number of anilines is 2. The third-order valence-electron chi connectivity index (χ3n) is 5.05. The number of hydrogen-bond donors (Lipinski definition) is 1. The number of aryl methyl sites for hydroxylation is 1. The van der Waals surface area contributed by atoms with Gasteiger partial charge in [-0.3, -0.25) is 0 Å². The van der Waals surface area contributed by atoms with Gasteiger partial charge in [0.2, 0.25) is 0 Å². The molecular weight excluding hydrogens is 370 g/mol. The van der Waals surface area contributed by atoms with Gasteiger partial charge in [-0.05, 0) is 67.1 Å². The smallest absolute Gasteiger partial charge is 0.149 e. The van der Waals surface area contributed by atoms with Crippen LogP contribution in [0.4, 0.5) is 11.5 Å². The summed E-state index contributed by atoms with van der Waals surface area (Å²) in [6.07, 6.45) is 4.10. The molecule has 2 aromatic carbocycles. The summed E-state index contributed by atoms with van der Waals surface area (Å²) < 4.78 is 5.29. The molecule has 4 nitrogen and oxygen atoms in total. The molecule has 1 aromatic heterocycles. The van der Waals surface area contributed by atoms with Crippen LogP contribution in [-0.4, -0.2) is 12.1 Å². The van der Waals surface area contributed by atoms with Gasteiger partial charge < -0.3 is 10.1 Å². The maximum Gasteiger partial charge on any atom is 0.149 e. The van der Waals surface area contributed by atoms with Crippen molar-refractivity contribution in [2.24, 2.45) is 0 Å². The second kappa shape index (κ2) is 7.92. The molecule has 0 spiro atoms. The fourth-order valence-corrected chi connectivity index (χ4v) is 3.91. The van der Waals surface area contributed by atoms with Crippen LogP contribution in [0.2, 0.25) is 5.02 Å². The molecule has 140 valence electrons. The SMILES string of the molecule is COc1ccc(-c2c(C#N)c(Nc3cccc(Cl)c3)nc3c2CCCC3)cc1. The summed E-state index contributed by atoms with van der Waals surface area (Å²) in [5.74, 6) is 1.37. The normalized spacial score (nSPS) is 12.8. The molecule has 0 amide bonds. The first-order chi connectivity index (χ1) is 13.7. The number of pyridine rings is 1. The van der Waals surface area contributed by atoms with E-state index in [1.165, 1.54) is 5.56 Å². The average molecular weight is 390 g/mol. The minimum absolute atomic E-state index is 0.561. The lowest BCUT2D eigenvalue weighted by atomic mass is 9.86. The van der Waals surface area contributed by atoms with Crippen molar-refractivity contribution in [1.29, 1.82) is 5.26 Å². The standard InChI is InChI=1S/C23H20ClN3O/c1-28-18-11-9-15(10-12-18)22-19-7-2-3-8-21(19)27-23(20(22)14-25)26-17-6-4-5-16(24)13-17/h4-6,9-13H,2-3,7-8H2,1H3,(H,26,27). The summed E-state index contributed by atoms with van der Waals surface area (Å²) in [6.45, 7) is 0. The quantitative estimate of drug-likeness (QED) is 0.603. The van der Waals surface area contributed by atoms with E-state index in [0.29, 0.717) is 16.4 Å². The number of benzene rings is 2. The Labute approximate surface area is 169 Å². The van der Waals surface area contributed by atoms with Crippen LogP contribution in [-0.2, 0) is 12.8 Å². The van der Waals surface area contributed by atoms with Crippen molar-refractivity contribution in [3.05, 3.63) is 70.4 Å². The van der Waals surface area contributed by atoms with Gasteiger partial charge in [-0.1, -0.05) is 29.8 Å². The molecule has 1 N–H and O–H groups in total. The van der Waals surface area contributed by atoms with Crippen molar-refractivity contribution in [1.82, 2.24) is 4.98 Å². The Balaban J connectivity index is 1.88. The number of nitrogens with zero attached hydrogens (tertiary/aromatic N) is 2. The highest BCUT2D eigenvalue weighted by atomic mass is 35.5. The zero-order valence-corrected chi connectivity index (χ0v) is 16.4. The van der Waals surface area contributed by atoms with Crippen LogP contribution >= 0.6 is 11.6 Å². The molecule has 0 atom stereocenters. The number of halogens is 1. The van der Waals surface area contributed by atoms with Gasteiger partial charge in [0.1, 0.15) is 23.2 Å².